The van der Waals surface area contributed by atoms with Crippen LogP contribution in [0.2, 0.25) is 0 Å². The molecule has 1 amide bonds. The van der Waals surface area contributed by atoms with Gasteiger partial charge in [0, 0.05) is 6.54 Å². The van der Waals surface area contributed by atoms with Gasteiger partial charge in [-0.3, -0.25) is 4.79 Å². The first-order valence-electron chi connectivity index (χ1n) is 6.35. The summed E-state index contributed by atoms with van der Waals surface area (Å²) < 4.78 is 5.37. The van der Waals surface area contributed by atoms with Gasteiger partial charge in [0.2, 0.25) is 5.91 Å². The van der Waals surface area contributed by atoms with Crippen molar-refractivity contribution >= 4 is 17.5 Å². The number of ether oxygens (including phenoxy) is 1. The molecule has 0 aliphatic heterocycles. The number of nitrogens with one attached hydrogen (secondary N) is 1. The Morgan fingerprint density at radius 3 is 2.74 bits per heavy atom. The van der Waals surface area contributed by atoms with Crippen molar-refractivity contribution in [2.45, 2.75) is 31.4 Å². The van der Waals surface area contributed by atoms with Crippen molar-refractivity contribution in [1.29, 1.82) is 0 Å². The Balaban J connectivity index is 2.14. The van der Waals surface area contributed by atoms with Crippen molar-refractivity contribution in [3.63, 3.8) is 0 Å². The summed E-state index contributed by atoms with van der Waals surface area (Å²) in [5.74, 6) is -0.258. The highest BCUT2D eigenvalue weighted by atomic mass is 35.5. The van der Waals surface area contributed by atoms with E-state index in [1.165, 1.54) is 0 Å². The lowest BCUT2D eigenvalue weighted by atomic mass is 10.2. The van der Waals surface area contributed by atoms with Crippen LogP contribution >= 0.6 is 11.6 Å². The third-order valence-electron chi connectivity index (χ3n) is 2.58. The fourth-order valence-electron chi connectivity index (χ4n) is 1.46. The summed E-state index contributed by atoms with van der Waals surface area (Å²) in [5, 5.41) is 11.7. The lowest BCUT2D eigenvalue weighted by Gasteiger charge is -2.13. The highest BCUT2D eigenvalue weighted by molar-refractivity contribution is 6.30. The van der Waals surface area contributed by atoms with Gasteiger partial charge in [-0.05, 0) is 12.0 Å². The topological polar surface area (TPSA) is 58.6 Å². The van der Waals surface area contributed by atoms with Gasteiger partial charge in [-0.1, -0.05) is 37.3 Å². The Morgan fingerprint density at radius 1 is 1.42 bits per heavy atom. The molecule has 106 valence electrons. The average Bonchev–Trinajstić information content (AvgIpc) is 2.45. The molecule has 4 nitrogen and oxygen atoms in total. The summed E-state index contributed by atoms with van der Waals surface area (Å²) in [6.07, 6.45) is -0.165. The molecule has 0 heterocycles. The number of aliphatic hydroxyl groups is 1. The van der Waals surface area contributed by atoms with Gasteiger partial charge in [0.25, 0.3) is 0 Å². The van der Waals surface area contributed by atoms with Gasteiger partial charge in [0.1, 0.15) is 5.38 Å². The van der Waals surface area contributed by atoms with Crippen LogP contribution in [-0.2, 0) is 16.1 Å². The zero-order valence-electron chi connectivity index (χ0n) is 11.0. The average molecular weight is 286 g/mol. The Morgan fingerprint density at radius 2 is 2.11 bits per heavy atom. The van der Waals surface area contributed by atoms with Gasteiger partial charge < -0.3 is 15.2 Å². The van der Waals surface area contributed by atoms with Crippen LogP contribution in [0.1, 0.15) is 18.9 Å². The van der Waals surface area contributed by atoms with Crippen LogP contribution < -0.4 is 5.32 Å². The number of amides is 1. The summed E-state index contributed by atoms with van der Waals surface area (Å²) >= 11 is 5.76. The first kappa shape index (κ1) is 16.0. The standard InChI is InChI=1S/C14H20ClNO3/c1-2-13(15)14(18)16-8-12(17)10-19-9-11-6-4-3-5-7-11/h3-7,12-13,17H,2,8-10H2,1H3,(H,16,18). The SMILES string of the molecule is CCC(Cl)C(=O)NCC(O)COCc1ccccc1. The summed E-state index contributed by atoms with van der Waals surface area (Å²) in [6.45, 7) is 2.60. The van der Waals surface area contributed by atoms with Gasteiger partial charge in [-0.25, -0.2) is 0 Å². The largest absolute Gasteiger partial charge is 0.389 e. The van der Waals surface area contributed by atoms with Crippen molar-refractivity contribution in [2.24, 2.45) is 0 Å². The summed E-state index contributed by atoms with van der Waals surface area (Å²) in [5.41, 5.74) is 1.05. The van der Waals surface area contributed by atoms with Gasteiger partial charge in [0.15, 0.2) is 0 Å². The van der Waals surface area contributed by atoms with Crippen molar-refractivity contribution in [1.82, 2.24) is 5.32 Å². The van der Waals surface area contributed by atoms with E-state index in [9.17, 15) is 9.90 Å². The third kappa shape index (κ3) is 6.57. The quantitative estimate of drug-likeness (QED) is 0.715. The molecule has 0 radical (unpaired) electrons. The second-order valence-electron chi connectivity index (χ2n) is 4.28. The van der Waals surface area contributed by atoms with Crippen LogP contribution in [0.3, 0.4) is 0 Å². The van der Waals surface area contributed by atoms with E-state index in [0.717, 1.165) is 5.56 Å². The molecule has 1 aromatic carbocycles. The van der Waals surface area contributed by atoms with Gasteiger partial charge in [0.05, 0.1) is 19.3 Å². The second-order valence-corrected chi connectivity index (χ2v) is 4.80. The van der Waals surface area contributed by atoms with Gasteiger partial charge >= 0.3 is 0 Å². The van der Waals surface area contributed by atoms with E-state index in [0.29, 0.717) is 13.0 Å². The lowest BCUT2D eigenvalue weighted by Crippen LogP contribution is -2.38. The number of benzene rings is 1. The highest BCUT2D eigenvalue weighted by Gasteiger charge is 2.13. The molecule has 2 atom stereocenters. The van der Waals surface area contributed by atoms with Crippen LogP contribution in [0.25, 0.3) is 0 Å². The molecule has 2 unspecified atom stereocenters. The van der Waals surface area contributed by atoms with Gasteiger partial charge in [-0.2, -0.15) is 0 Å². The maximum Gasteiger partial charge on any atom is 0.238 e. The van der Waals surface area contributed by atoms with E-state index >= 15 is 0 Å². The van der Waals surface area contributed by atoms with E-state index in [1.54, 1.807) is 0 Å². The minimum Gasteiger partial charge on any atom is -0.389 e. The van der Waals surface area contributed by atoms with Crippen LogP contribution in [0.5, 0.6) is 0 Å². The fraction of sp³-hybridized carbons (Fsp3) is 0.500. The molecule has 0 aliphatic rings. The predicted molar refractivity (Wildman–Crippen MR) is 75.0 cm³/mol. The molecule has 2 N–H and O–H groups in total. The number of carbonyl (C=O) groups is 1. The number of hydrogen-bond donors (Lipinski definition) is 2. The summed E-state index contributed by atoms with van der Waals surface area (Å²) in [6, 6.07) is 9.70. The monoisotopic (exact) mass is 285 g/mol. The maximum atomic E-state index is 11.4. The van der Waals surface area contributed by atoms with Gasteiger partial charge in [-0.15, -0.1) is 11.6 Å². The Labute approximate surface area is 118 Å². The maximum absolute atomic E-state index is 11.4. The van der Waals surface area contributed by atoms with Crippen molar-refractivity contribution in [2.75, 3.05) is 13.2 Å². The minimum absolute atomic E-state index is 0.150. The van der Waals surface area contributed by atoms with Crippen molar-refractivity contribution in [3.8, 4) is 0 Å². The number of carbonyl (C=O) groups excluding carboxylic acids is 1. The Bertz CT molecular complexity index is 372. The zero-order chi connectivity index (χ0) is 14.1. The minimum atomic E-state index is -0.728. The molecular formula is C14H20ClNO3. The predicted octanol–water partition coefficient (Wildman–Crippen LogP) is 1.70. The van der Waals surface area contributed by atoms with E-state index in [2.05, 4.69) is 5.32 Å². The smallest absolute Gasteiger partial charge is 0.238 e. The molecule has 0 aromatic heterocycles. The van der Waals surface area contributed by atoms with Crippen LogP contribution in [0.15, 0.2) is 30.3 Å². The number of halogens is 1. The number of alkyl halides is 1. The normalized spacial score (nSPS) is 13.8. The molecule has 0 saturated heterocycles. The molecule has 0 aliphatic carbocycles. The number of hydrogen-bond acceptors (Lipinski definition) is 3. The molecule has 1 rings (SSSR count). The fourth-order valence-corrected chi connectivity index (χ4v) is 1.54. The number of aliphatic hydroxyl groups excluding tert-OH is 1. The Kier molecular flexibility index (Phi) is 7.48. The molecule has 1 aromatic rings. The van der Waals surface area contributed by atoms with Crippen molar-refractivity contribution in [3.05, 3.63) is 35.9 Å². The molecule has 0 saturated carbocycles. The Hall–Kier alpha value is -1.10. The first-order chi connectivity index (χ1) is 9.13. The summed E-state index contributed by atoms with van der Waals surface area (Å²) in [7, 11) is 0. The highest BCUT2D eigenvalue weighted by Crippen LogP contribution is 2.02. The molecule has 5 heteroatoms. The van der Waals surface area contributed by atoms with E-state index in [-0.39, 0.29) is 19.1 Å². The molecule has 19 heavy (non-hydrogen) atoms. The van der Waals surface area contributed by atoms with E-state index in [4.69, 9.17) is 16.3 Å². The molecule has 0 spiro atoms. The number of rotatable bonds is 8. The van der Waals surface area contributed by atoms with Crippen LogP contribution in [0, 0.1) is 0 Å². The molecular weight excluding hydrogens is 266 g/mol. The zero-order valence-corrected chi connectivity index (χ0v) is 11.8. The van der Waals surface area contributed by atoms with Crippen LogP contribution in [-0.4, -0.2) is 35.6 Å². The lowest BCUT2D eigenvalue weighted by molar-refractivity contribution is -0.121. The second kappa shape index (κ2) is 8.91. The van der Waals surface area contributed by atoms with E-state index < -0.39 is 11.5 Å². The molecule has 0 bridgehead atoms. The summed E-state index contributed by atoms with van der Waals surface area (Å²) in [4.78, 5) is 11.4. The molecule has 0 fully saturated rings. The first-order valence-corrected chi connectivity index (χ1v) is 6.78. The van der Waals surface area contributed by atoms with E-state index in [1.807, 2.05) is 37.3 Å². The van der Waals surface area contributed by atoms with Crippen molar-refractivity contribution < 1.29 is 14.6 Å². The third-order valence-corrected chi connectivity index (χ3v) is 3.08. The van der Waals surface area contributed by atoms with Crippen LogP contribution in [0.4, 0.5) is 0 Å².